The Balaban J connectivity index is 1.68. The van der Waals surface area contributed by atoms with Crippen molar-refractivity contribution in [2.75, 3.05) is 19.1 Å². The molecule has 1 heterocycles. The number of aromatic nitrogens is 4. The first kappa shape index (κ1) is 27.0. The summed E-state index contributed by atoms with van der Waals surface area (Å²) in [6, 6.07) is 16.3. The minimum atomic E-state index is -1.01. The molecule has 1 aromatic heterocycles. The molecular weight excluding hydrogens is 509 g/mol. The molecule has 0 aliphatic rings. The van der Waals surface area contributed by atoms with Gasteiger partial charge in [-0.3, -0.25) is 4.90 Å². The Labute approximate surface area is 222 Å². The zero-order valence-corrected chi connectivity index (χ0v) is 21.7. The van der Waals surface area contributed by atoms with Crippen molar-refractivity contribution >= 4 is 17.7 Å². The second-order valence-electron chi connectivity index (χ2n) is 8.57. The average molecular weight is 536 g/mol. The van der Waals surface area contributed by atoms with Crippen LogP contribution in [-0.4, -0.2) is 52.1 Å². The summed E-state index contributed by atoms with van der Waals surface area (Å²) in [6.07, 6.45) is 0. The molecule has 11 nitrogen and oxygen atoms in total. The van der Waals surface area contributed by atoms with E-state index in [1.54, 1.807) is 19.9 Å². The molecule has 0 aliphatic heterocycles. The monoisotopic (exact) mass is 535 g/mol. The minimum absolute atomic E-state index is 0.0334. The topological polar surface area (TPSA) is 118 Å². The van der Waals surface area contributed by atoms with Crippen LogP contribution in [-0.2, 0) is 11.3 Å². The molecule has 0 saturated heterocycles. The molecule has 0 saturated carbocycles. The van der Waals surface area contributed by atoms with Crippen molar-refractivity contribution in [2.24, 2.45) is 0 Å². The molecule has 0 radical (unpaired) electrons. The van der Waals surface area contributed by atoms with Crippen LogP contribution in [0.5, 0.6) is 11.5 Å². The number of methoxy groups -OCH3 is 2. The van der Waals surface area contributed by atoms with Gasteiger partial charge >= 0.3 is 17.7 Å². The van der Waals surface area contributed by atoms with Crippen LogP contribution in [0.4, 0.5) is 14.9 Å². The Bertz CT molecular complexity index is 1550. The van der Waals surface area contributed by atoms with E-state index in [1.807, 2.05) is 30.3 Å². The fourth-order valence-corrected chi connectivity index (χ4v) is 3.91. The third-order valence-electron chi connectivity index (χ3n) is 5.76. The van der Waals surface area contributed by atoms with E-state index in [2.05, 4.69) is 10.4 Å². The molecule has 4 aromatic rings. The third kappa shape index (κ3) is 5.49. The zero-order chi connectivity index (χ0) is 28.1. The fraction of sp³-hybridized carbons (Fsp3) is 0.222. The van der Waals surface area contributed by atoms with E-state index in [0.29, 0.717) is 9.36 Å². The Morgan fingerprint density at radius 3 is 2.33 bits per heavy atom. The summed E-state index contributed by atoms with van der Waals surface area (Å²) < 4.78 is 31.6. The van der Waals surface area contributed by atoms with Gasteiger partial charge in [0.2, 0.25) is 0 Å². The Hall–Kier alpha value is -5.00. The standard InChI is InChI=1S/C27H26FN5O6/c1-17(2)31(26(35)33-27(36)32(29-30-33)24-21(28)11-8-12-23(24)38-4)19-13-14-22(37-3)20(15-19)25(34)39-16-18-9-6-5-7-10-18/h5-15,17H,16H2,1-4H3. The molecule has 0 spiro atoms. The number of benzene rings is 3. The third-order valence-corrected chi connectivity index (χ3v) is 5.76. The molecule has 0 N–H and O–H groups in total. The maximum atomic E-state index is 14.6. The average Bonchev–Trinajstić information content (AvgIpc) is 3.32. The first-order valence-corrected chi connectivity index (χ1v) is 11.9. The van der Waals surface area contributed by atoms with E-state index in [4.69, 9.17) is 14.2 Å². The van der Waals surface area contributed by atoms with Crippen LogP contribution in [0.2, 0.25) is 0 Å². The number of esters is 1. The predicted molar refractivity (Wildman–Crippen MR) is 139 cm³/mol. The van der Waals surface area contributed by atoms with Gasteiger partial charge in [-0.2, -0.15) is 4.68 Å². The molecular formula is C27H26FN5O6. The lowest BCUT2D eigenvalue weighted by Gasteiger charge is -2.26. The van der Waals surface area contributed by atoms with E-state index >= 15 is 0 Å². The number of nitrogens with zero attached hydrogens (tertiary/aromatic N) is 5. The molecule has 0 fully saturated rings. The summed E-state index contributed by atoms with van der Waals surface area (Å²) in [5.41, 5.74) is -0.143. The molecule has 1 amide bonds. The SMILES string of the molecule is COc1ccc(N(C(=O)n2nnn(-c3c(F)cccc3OC)c2=O)C(C)C)cc1C(=O)OCc1ccccc1. The molecule has 0 atom stereocenters. The lowest BCUT2D eigenvalue weighted by Crippen LogP contribution is -2.44. The Morgan fingerprint density at radius 1 is 0.949 bits per heavy atom. The highest BCUT2D eigenvalue weighted by atomic mass is 19.1. The molecule has 4 rings (SSSR count). The summed E-state index contributed by atoms with van der Waals surface area (Å²) >= 11 is 0. The van der Waals surface area contributed by atoms with Gasteiger partial charge in [0.05, 0.1) is 14.2 Å². The number of amides is 1. The van der Waals surface area contributed by atoms with Gasteiger partial charge in [-0.1, -0.05) is 36.4 Å². The van der Waals surface area contributed by atoms with Crippen LogP contribution in [0, 0.1) is 5.82 Å². The predicted octanol–water partition coefficient (Wildman–Crippen LogP) is 3.83. The number of tetrazole rings is 1. The molecule has 202 valence electrons. The lowest BCUT2D eigenvalue weighted by atomic mass is 10.1. The summed E-state index contributed by atoms with van der Waals surface area (Å²) in [5.74, 6) is -1.18. The first-order chi connectivity index (χ1) is 18.8. The normalized spacial score (nSPS) is 10.8. The van der Waals surface area contributed by atoms with E-state index < -0.39 is 29.5 Å². The summed E-state index contributed by atoms with van der Waals surface area (Å²) in [4.78, 5) is 40.9. The van der Waals surface area contributed by atoms with Crippen molar-refractivity contribution < 1.29 is 28.2 Å². The number of halogens is 1. The number of para-hydroxylation sites is 1. The zero-order valence-electron chi connectivity index (χ0n) is 21.7. The smallest absolute Gasteiger partial charge is 0.377 e. The second-order valence-corrected chi connectivity index (χ2v) is 8.57. The van der Waals surface area contributed by atoms with E-state index in [-0.39, 0.29) is 35.0 Å². The van der Waals surface area contributed by atoms with Crippen molar-refractivity contribution in [3.05, 3.63) is 94.2 Å². The van der Waals surface area contributed by atoms with Crippen LogP contribution < -0.4 is 20.1 Å². The van der Waals surface area contributed by atoms with Gasteiger partial charge in [0.25, 0.3) is 0 Å². The van der Waals surface area contributed by atoms with Gasteiger partial charge in [0, 0.05) is 11.7 Å². The van der Waals surface area contributed by atoms with Gasteiger partial charge < -0.3 is 14.2 Å². The highest BCUT2D eigenvalue weighted by molar-refractivity contribution is 5.97. The largest absolute Gasteiger partial charge is 0.496 e. The molecule has 12 heteroatoms. The van der Waals surface area contributed by atoms with Gasteiger partial charge in [0.1, 0.15) is 29.4 Å². The van der Waals surface area contributed by atoms with Crippen LogP contribution in [0.15, 0.2) is 71.5 Å². The van der Waals surface area contributed by atoms with Crippen molar-refractivity contribution in [3.8, 4) is 17.2 Å². The number of anilines is 1. The minimum Gasteiger partial charge on any atom is -0.496 e. The molecule has 3 aromatic carbocycles. The first-order valence-electron chi connectivity index (χ1n) is 11.9. The number of carbonyl (C=O) groups excluding carboxylic acids is 2. The summed E-state index contributed by atoms with van der Waals surface area (Å²) in [5, 5.41) is 7.37. The van der Waals surface area contributed by atoms with Gasteiger partial charge in [-0.05, 0) is 60.2 Å². The number of rotatable bonds is 8. The fourth-order valence-electron chi connectivity index (χ4n) is 3.91. The van der Waals surface area contributed by atoms with Crippen molar-refractivity contribution in [3.63, 3.8) is 0 Å². The molecule has 0 bridgehead atoms. The van der Waals surface area contributed by atoms with E-state index in [9.17, 15) is 18.8 Å². The lowest BCUT2D eigenvalue weighted by molar-refractivity contribution is 0.0469. The van der Waals surface area contributed by atoms with Crippen molar-refractivity contribution in [1.29, 1.82) is 0 Å². The van der Waals surface area contributed by atoms with Gasteiger partial charge in [0.15, 0.2) is 5.82 Å². The highest BCUT2D eigenvalue weighted by Crippen LogP contribution is 2.28. The maximum absolute atomic E-state index is 14.6. The number of hydrogen-bond acceptors (Lipinski definition) is 8. The summed E-state index contributed by atoms with van der Waals surface area (Å²) in [6.45, 7) is 3.47. The summed E-state index contributed by atoms with van der Waals surface area (Å²) in [7, 11) is 2.72. The van der Waals surface area contributed by atoms with Gasteiger partial charge in [-0.25, -0.2) is 18.8 Å². The van der Waals surface area contributed by atoms with Crippen molar-refractivity contribution in [1.82, 2.24) is 19.8 Å². The van der Waals surface area contributed by atoms with Crippen LogP contribution in [0.3, 0.4) is 0 Å². The maximum Gasteiger partial charge on any atom is 0.377 e. The van der Waals surface area contributed by atoms with E-state index in [1.165, 1.54) is 43.4 Å². The number of carbonyl (C=O) groups is 2. The van der Waals surface area contributed by atoms with Crippen LogP contribution in [0.1, 0.15) is 29.8 Å². The van der Waals surface area contributed by atoms with Gasteiger partial charge in [-0.15, -0.1) is 4.68 Å². The number of hydrogen-bond donors (Lipinski definition) is 0. The van der Waals surface area contributed by atoms with Crippen LogP contribution >= 0.6 is 0 Å². The Kier molecular flexibility index (Phi) is 8.04. The molecule has 39 heavy (non-hydrogen) atoms. The molecule has 0 unspecified atom stereocenters. The Morgan fingerprint density at radius 2 is 1.67 bits per heavy atom. The van der Waals surface area contributed by atoms with Crippen LogP contribution in [0.25, 0.3) is 5.69 Å². The molecule has 0 aliphatic carbocycles. The van der Waals surface area contributed by atoms with Crippen molar-refractivity contribution in [2.45, 2.75) is 26.5 Å². The van der Waals surface area contributed by atoms with E-state index in [0.717, 1.165) is 11.6 Å². The highest BCUT2D eigenvalue weighted by Gasteiger charge is 2.28. The quantitative estimate of drug-likeness (QED) is 0.247. The second kappa shape index (κ2) is 11.6. The number of ether oxygens (including phenoxy) is 3.